The number of amides is 2. The summed E-state index contributed by atoms with van der Waals surface area (Å²) < 4.78 is 0. The Balaban J connectivity index is 1.77. The van der Waals surface area contributed by atoms with Crippen LogP contribution in [-0.2, 0) is 9.59 Å². The quantitative estimate of drug-likeness (QED) is 0.497. The van der Waals surface area contributed by atoms with Gasteiger partial charge in [0.05, 0.1) is 0 Å². The summed E-state index contributed by atoms with van der Waals surface area (Å²) in [6, 6.07) is 7.06. The van der Waals surface area contributed by atoms with E-state index in [1.54, 1.807) is 12.1 Å². The molecule has 1 aromatic rings. The van der Waals surface area contributed by atoms with Crippen LogP contribution in [0.15, 0.2) is 24.3 Å². The Morgan fingerprint density at radius 1 is 1.24 bits per heavy atom. The Labute approximate surface area is 154 Å². The number of quaternary nitrogens is 2. The number of piperazine rings is 1. The van der Waals surface area contributed by atoms with Gasteiger partial charge in [-0.15, -0.1) is 0 Å². The van der Waals surface area contributed by atoms with E-state index in [2.05, 4.69) is 10.6 Å². The van der Waals surface area contributed by atoms with Crippen molar-refractivity contribution in [2.24, 2.45) is 0 Å². The Bertz CT molecular complexity index is 588. The van der Waals surface area contributed by atoms with Crippen molar-refractivity contribution in [2.45, 2.75) is 26.3 Å². The number of halogens is 1. The zero-order valence-electron chi connectivity index (χ0n) is 15.0. The zero-order valence-corrected chi connectivity index (χ0v) is 15.8. The number of hydrogen-bond donors (Lipinski definition) is 4. The van der Waals surface area contributed by atoms with Gasteiger partial charge in [0.1, 0.15) is 26.2 Å². The minimum atomic E-state index is -0.130. The van der Waals surface area contributed by atoms with Crippen LogP contribution in [0.5, 0.6) is 0 Å². The molecule has 1 aliphatic rings. The Kier molecular flexibility index (Phi) is 7.68. The second-order valence-electron chi connectivity index (χ2n) is 6.66. The Morgan fingerprint density at radius 3 is 2.60 bits per heavy atom. The van der Waals surface area contributed by atoms with Crippen LogP contribution in [0.2, 0.25) is 5.02 Å². The summed E-state index contributed by atoms with van der Waals surface area (Å²) in [6.07, 6.45) is 0.957. The van der Waals surface area contributed by atoms with E-state index in [0.717, 1.165) is 44.8 Å². The van der Waals surface area contributed by atoms with Gasteiger partial charge in [0.15, 0.2) is 12.6 Å². The third-order valence-corrected chi connectivity index (χ3v) is 4.91. The third kappa shape index (κ3) is 6.30. The molecule has 0 saturated carbocycles. The minimum absolute atomic E-state index is 0.00130. The van der Waals surface area contributed by atoms with Gasteiger partial charge < -0.3 is 20.4 Å². The molecule has 1 fully saturated rings. The van der Waals surface area contributed by atoms with Crippen LogP contribution in [0, 0.1) is 0 Å². The summed E-state index contributed by atoms with van der Waals surface area (Å²) in [5, 5.41) is 6.46. The highest BCUT2D eigenvalue weighted by Crippen LogP contribution is 2.14. The van der Waals surface area contributed by atoms with E-state index in [-0.39, 0.29) is 17.9 Å². The van der Waals surface area contributed by atoms with Gasteiger partial charge in [0.2, 0.25) is 0 Å². The first-order valence-electron chi connectivity index (χ1n) is 9.01. The van der Waals surface area contributed by atoms with Crippen molar-refractivity contribution < 1.29 is 19.4 Å². The van der Waals surface area contributed by atoms with Crippen LogP contribution in [0.3, 0.4) is 0 Å². The monoisotopic (exact) mass is 368 g/mol. The van der Waals surface area contributed by atoms with E-state index in [4.69, 9.17) is 11.6 Å². The lowest BCUT2D eigenvalue weighted by Crippen LogP contribution is -3.30. The molecular formula is C18H29ClN4O2+2. The van der Waals surface area contributed by atoms with Gasteiger partial charge in [-0.2, -0.15) is 0 Å². The second kappa shape index (κ2) is 9.75. The highest BCUT2D eigenvalue weighted by molar-refractivity contribution is 6.30. The van der Waals surface area contributed by atoms with E-state index in [1.807, 2.05) is 26.0 Å². The molecule has 7 heteroatoms. The lowest BCUT2D eigenvalue weighted by atomic mass is 10.2. The molecule has 0 aromatic heterocycles. The molecule has 4 N–H and O–H groups in total. The highest BCUT2D eigenvalue weighted by atomic mass is 35.5. The van der Waals surface area contributed by atoms with Crippen molar-refractivity contribution >= 4 is 29.1 Å². The standard InChI is InChI=1S/C18H27ClN4O2/c1-3-7-20-17(24)13-22-8-10-23(11-9-22)14(2)18(25)21-16-6-4-5-15(19)12-16/h4-6,12,14H,3,7-11,13H2,1-2H3,(H,20,24)(H,21,25)/p+2/t14-/m1/s1. The van der Waals surface area contributed by atoms with Gasteiger partial charge in [0, 0.05) is 17.3 Å². The van der Waals surface area contributed by atoms with Crippen LogP contribution in [0.1, 0.15) is 20.3 Å². The van der Waals surface area contributed by atoms with Crippen LogP contribution < -0.4 is 20.4 Å². The number of carbonyl (C=O) groups is 2. The maximum absolute atomic E-state index is 12.5. The highest BCUT2D eigenvalue weighted by Gasteiger charge is 2.31. The van der Waals surface area contributed by atoms with Crippen molar-refractivity contribution in [3.63, 3.8) is 0 Å². The van der Waals surface area contributed by atoms with Crippen LogP contribution >= 0.6 is 11.6 Å². The molecule has 1 aromatic carbocycles. The Morgan fingerprint density at radius 2 is 1.96 bits per heavy atom. The molecule has 1 atom stereocenters. The number of anilines is 1. The van der Waals surface area contributed by atoms with E-state index in [0.29, 0.717) is 11.6 Å². The minimum Gasteiger partial charge on any atom is -0.351 e. The van der Waals surface area contributed by atoms with E-state index < -0.39 is 0 Å². The lowest BCUT2D eigenvalue weighted by Gasteiger charge is -2.32. The van der Waals surface area contributed by atoms with Crippen molar-refractivity contribution in [1.29, 1.82) is 0 Å². The van der Waals surface area contributed by atoms with E-state index in [1.165, 1.54) is 9.80 Å². The molecule has 138 valence electrons. The molecule has 1 heterocycles. The summed E-state index contributed by atoms with van der Waals surface area (Å²) in [5.41, 5.74) is 0.723. The van der Waals surface area contributed by atoms with Gasteiger partial charge in [-0.05, 0) is 31.5 Å². The van der Waals surface area contributed by atoms with E-state index in [9.17, 15) is 9.59 Å². The van der Waals surface area contributed by atoms with Crippen LogP contribution in [0.25, 0.3) is 0 Å². The average molecular weight is 369 g/mol. The molecule has 1 aliphatic heterocycles. The molecule has 25 heavy (non-hydrogen) atoms. The van der Waals surface area contributed by atoms with Crippen LogP contribution in [-0.4, -0.2) is 57.1 Å². The molecule has 6 nitrogen and oxygen atoms in total. The summed E-state index contributed by atoms with van der Waals surface area (Å²) in [6.45, 7) is 8.86. The van der Waals surface area contributed by atoms with Gasteiger partial charge >= 0.3 is 0 Å². The number of hydrogen-bond acceptors (Lipinski definition) is 2. The Hall–Kier alpha value is -1.63. The van der Waals surface area contributed by atoms with Crippen molar-refractivity contribution in [2.75, 3.05) is 44.6 Å². The first-order valence-corrected chi connectivity index (χ1v) is 9.38. The third-order valence-electron chi connectivity index (χ3n) is 4.68. The fraction of sp³-hybridized carbons (Fsp3) is 0.556. The molecule has 0 bridgehead atoms. The van der Waals surface area contributed by atoms with Crippen molar-refractivity contribution in [3.05, 3.63) is 29.3 Å². The summed E-state index contributed by atoms with van der Waals surface area (Å²) in [4.78, 5) is 26.8. The zero-order chi connectivity index (χ0) is 18.2. The van der Waals surface area contributed by atoms with Crippen molar-refractivity contribution in [3.8, 4) is 0 Å². The predicted molar refractivity (Wildman–Crippen MR) is 99.1 cm³/mol. The molecule has 0 aliphatic carbocycles. The fourth-order valence-electron chi connectivity index (χ4n) is 3.09. The second-order valence-corrected chi connectivity index (χ2v) is 7.09. The molecule has 0 unspecified atom stereocenters. The number of rotatable bonds is 7. The molecule has 0 radical (unpaired) electrons. The van der Waals surface area contributed by atoms with Gasteiger partial charge in [-0.25, -0.2) is 0 Å². The number of benzene rings is 1. The smallest absolute Gasteiger partial charge is 0.282 e. The first-order chi connectivity index (χ1) is 12.0. The summed E-state index contributed by atoms with van der Waals surface area (Å²) >= 11 is 5.95. The fourth-order valence-corrected chi connectivity index (χ4v) is 3.28. The number of nitrogens with one attached hydrogen (secondary N) is 4. The molecule has 1 saturated heterocycles. The van der Waals surface area contributed by atoms with E-state index >= 15 is 0 Å². The molecule has 0 spiro atoms. The summed E-state index contributed by atoms with van der Waals surface area (Å²) in [7, 11) is 0. The van der Waals surface area contributed by atoms with Crippen LogP contribution in [0.4, 0.5) is 5.69 Å². The predicted octanol–water partition coefficient (Wildman–Crippen LogP) is -1.02. The van der Waals surface area contributed by atoms with Gasteiger partial charge in [-0.3, -0.25) is 9.59 Å². The van der Waals surface area contributed by atoms with Gasteiger partial charge in [0.25, 0.3) is 11.8 Å². The van der Waals surface area contributed by atoms with Crippen molar-refractivity contribution in [1.82, 2.24) is 5.32 Å². The maximum atomic E-state index is 12.5. The lowest BCUT2D eigenvalue weighted by molar-refractivity contribution is -1.01. The topological polar surface area (TPSA) is 67.1 Å². The summed E-state index contributed by atoms with van der Waals surface area (Å²) in [5.74, 6) is 0.119. The average Bonchev–Trinajstić information content (AvgIpc) is 2.60. The molecular weight excluding hydrogens is 340 g/mol. The number of carbonyl (C=O) groups excluding carboxylic acids is 2. The first kappa shape index (κ1) is 19.7. The normalized spacial score (nSPS) is 21.4. The largest absolute Gasteiger partial charge is 0.351 e. The van der Waals surface area contributed by atoms with Gasteiger partial charge in [-0.1, -0.05) is 24.6 Å². The SMILES string of the molecule is CCCNC(=O)C[NH+]1CC[NH+]([C@H](C)C(=O)Nc2cccc(Cl)c2)CC1. The maximum Gasteiger partial charge on any atom is 0.282 e. The molecule has 2 amide bonds. The molecule has 2 rings (SSSR count).